The van der Waals surface area contributed by atoms with Crippen LogP contribution < -0.4 is 5.32 Å². The molecule has 4 nitrogen and oxygen atoms in total. The van der Waals surface area contributed by atoms with Crippen molar-refractivity contribution in [3.05, 3.63) is 64.4 Å². The smallest absolute Gasteiger partial charge is 0.327 e. The topological polar surface area (TPSA) is 51.2 Å². The molecule has 20 heavy (non-hydrogen) atoms. The fourth-order valence-electron chi connectivity index (χ4n) is 1.87. The van der Waals surface area contributed by atoms with Crippen molar-refractivity contribution in [3.63, 3.8) is 0 Å². The second kappa shape index (κ2) is 7.17. The molecule has 104 valence electrons. The molecule has 2 aromatic rings. The second-order valence-electron chi connectivity index (χ2n) is 4.26. The molecule has 0 amide bonds. The van der Waals surface area contributed by atoms with Crippen LogP contribution in [0.1, 0.15) is 17.2 Å². The van der Waals surface area contributed by atoms with Crippen LogP contribution in [0.5, 0.6) is 0 Å². The van der Waals surface area contributed by atoms with Gasteiger partial charge in [-0.3, -0.25) is 10.3 Å². The lowest BCUT2D eigenvalue weighted by Crippen LogP contribution is -2.29. The van der Waals surface area contributed by atoms with Gasteiger partial charge in [0.1, 0.15) is 6.04 Å². The number of halogens is 1. The van der Waals surface area contributed by atoms with Crippen LogP contribution in [0, 0.1) is 0 Å². The highest BCUT2D eigenvalue weighted by Crippen LogP contribution is 2.16. The Balaban J connectivity index is 2.11. The Bertz CT molecular complexity index is 575. The van der Waals surface area contributed by atoms with Gasteiger partial charge in [0.05, 0.1) is 7.11 Å². The zero-order chi connectivity index (χ0) is 14.4. The molecule has 1 N–H and O–H groups in total. The SMILES string of the molecule is COC(=O)C(NCc1cncc(Br)c1)c1ccccc1. The fraction of sp³-hybridized carbons (Fsp3) is 0.200. The number of carbonyl (C=O) groups is 1. The molecule has 5 heteroatoms. The van der Waals surface area contributed by atoms with Gasteiger partial charge in [-0.2, -0.15) is 0 Å². The van der Waals surface area contributed by atoms with Crippen LogP contribution in [-0.2, 0) is 16.1 Å². The van der Waals surface area contributed by atoms with Gasteiger partial charge in [0.25, 0.3) is 0 Å². The van der Waals surface area contributed by atoms with E-state index in [0.717, 1.165) is 15.6 Å². The van der Waals surface area contributed by atoms with Gasteiger partial charge in [-0.15, -0.1) is 0 Å². The molecule has 2 rings (SSSR count). The van der Waals surface area contributed by atoms with E-state index < -0.39 is 6.04 Å². The summed E-state index contributed by atoms with van der Waals surface area (Å²) in [7, 11) is 1.39. The molecule has 1 aromatic carbocycles. The summed E-state index contributed by atoms with van der Waals surface area (Å²) in [5.74, 6) is -0.306. The quantitative estimate of drug-likeness (QED) is 0.854. The number of benzene rings is 1. The highest BCUT2D eigenvalue weighted by molar-refractivity contribution is 9.10. The van der Waals surface area contributed by atoms with Crippen LogP contribution in [0.3, 0.4) is 0 Å². The first-order chi connectivity index (χ1) is 9.70. The predicted octanol–water partition coefficient (Wildman–Crippen LogP) is 2.85. The van der Waals surface area contributed by atoms with Gasteiger partial charge >= 0.3 is 5.97 Å². The van der Waals surface area contributed by atoms with Crippen molar-refractivity contribution in [2.24, 2.45) is 0 Å². The van der Waals surface area contributed by atoms with Crippen molar-refractivity contribution >= 4 is 21.9 Å². The number of esters is 1. The summed E-state index contributed by atoms with van der Waals surface area (Å²) >= 11 is 3.37. The minimum atomic E-state index is -0.486. The summed E-state index contributed by atoms with van der Waals surface area (Å²) in [5.41, 5.74) is 1.87. The summed E-state index contributed by atoms with van der Waals surface area (Å²) in [4.78, 5) is 16.0. The van der Waals surface area contributed by atoms with E-state index in [0.29, 0.717) is 6.54 Å². The van der Waals surface area contributed by atoms with Gasteiger partial charge < -0.3 is 4.74 Å². The zero-order valence-corrected chi connectivity index (χ0v) is 12.6. The van der Waals surface area contributed by atoms with Crippen LogP contribution in [-0.4, -0.2) is 18.1 Å². The lowest BCUT2D eigenvalue weighted by Gasteiger charge is -2.16. The van der Waals surface area contributed by atoms with Gasteiger partial charge in [0.15, 0.2) is 0 Å². The van der Waals surface area contributed by atoms with Crippen molar-refractivity contribution in [3.8, 4) is 0 Å². The zero-order valence-electron chi connectivity index (χ0n) is 11.0. The van der Waals surface area contributed by atoms with Crippen molar-refractivity contribution in [2.75, 3.05) is 7.11 Å². The van der Waals surface area contributed by atoms with Gasteiger partial charge in [-0.25, -0.2) is 4.79 Å². The summed E-state index contributed by atoms with van der Waals surface area (Å²) in [5, 5.41) is 3.19. The summed E-state index contributed by atoms with van der Waals surface area (Å²) in [6.45, 7) is 0.529. The number of methoxy groups -OCH3 is 1. The number of rotatable bonds is 5. The van der Waals surface area contributed by atoms with Crippen LogP contribution in [0.25, 0.3) is 0 Å². The average Bonchev–Trinajstić information content (AvgIpc) is 2.48. The minimum Gasteiger partial charge on any atom is -0.468 e. The number of carbonyl (C=O) groups excluding carboxylic acids is 1. The van der Waals surface area contributed by atoms with E-state index in [4.69, 9.17) is 4.74 Å². The first-order valence-electron chi connectivity index (χ1n) is 6.16. The molecule has 0 aliphatic rings. The van der Waals surface area contributed by atoms with Gasteiger partial charge in [-0.1, -0.05) is 30.3 Å². The number of aromatic nitrogens is 1. The standard InChI is InChI=1S/C15H15BrN2O2/c1-20-15(19)14(12-5-3-2-4-6-12)18-9-11-7-13(16)10-17-8-11/h2-8,10,14,18H,9H2,1H3. The summed E-state index contributed by atoms with van der Waals surface area (Å²) in [6, 6.07) is 11.0. The third-order valence-electron chi connectivity index (χ3n) is 2.84. The van der Waals surface area contributed by atoms with E-state index >= 15 is 0 Å². The molecule has 0 aliphatic heterocycles. The predicted molar refractivity (Wildman–Crippen MR) is 80.0 cm³/mol. The van der Waals surface area contributed by atoms with Crippen molar-refractivity contribution in [2.45, 2.75) is 12.6 Å². The molecule has 1 aromatic heterocycles. The molecule has 0 bridgehead atoms. The molecule has 1 atom stereocenters. The summed E-state index contributed by atoms with van der Waals surface area (Å²) in [6.07, 6.45) is 3.48. The molecule has 1 unspecified atom stereocenters. The van der Waals surface area contributed by atoms with Crippen LogP contribution in [0.15, 0.2) is 53.3 Å². The molecule has 1 heterocycles. The maximum Gasteiger partial charge on any atom is 0.327 e. The Hall–Kier alpha value is -1.72. The van der Waals surface area contributed by atoms with E-state index in [1.807, 2.05) is 36.4 Å². The van der Waals surface area contributed by atoms with Crippen LogP contribution >= 0.6 is 15.9 Å². The molecule has 0 aliphatic carbocycles. The van der Waals surface area contributed by atoms with E-state index in [-0.39, 0.29) is 5.97 Å². The third kappa shape index (κ3) is 3.88. The summed E-state index contributed by atoms with van der Waals surface area (Å²) < 4.78 is 5.76. The van der Waals surface area contributed by atoms with Gasteiger partial charge in [0.2, 0.25) is 0 Å². The van der Waals surface area contributed by atoms with Crippen molar-refractivity contribution < 1.29 is 9.53 Å². The largest absolute Gasteiger partial charge is 0.468 e. The van der Waals surface area contributed by atoms with E-state index in [1.165, 1.54) is 7.11 Å². The molecular formula is C15H15BrN2O2. The number of hydrogen-bond donors (Lipinski definition) is 1. The normalized spacial score (nSPS) is 11.9. The monoisotopic (exact) mass is 334 g/mol. The Morgan fingerprint density at radius 3 is 2.75 bits per heavy atom. The first kappa shape index (κ1) is 14.7. The number of nitrogens with zero attached hydrogens (tertiary/aromatic N) is 1. The number of pyridine rings is 1. The number of nitrogens with one attached hydrogen (secondary N) is 1. The number of hydrogen-bond acceptors (Lipinski definition) is 4. The van der Waals surface area contributed by atoms with E-state index in [1.54, 1.807) is 12.4 Å². The van der Waals surface area contributed by atoms with E-state index in [2.05, 4.69) is 26.2 Å². The molecular weight excluding hydrogens is 320 g/mol. The van der Waals surface area contributed by atoms with Gasteiger partial charge in [0, 0.05) is 23.4 Å². The molecule has 0 fully saturated rings. The maximum atomic E-state index is 11.9. The van der Waals surface area contributed by atoms with E-state index in [9.17, 15) is 4.79 Å². The lowest BCUT2D eigenvalue weighted by atomic mass is 10.1. The first-order valence-corrected chi connectivity index (χ1v) is 6.95. The third-order valence-corrected chi connectivity index (χ3v) is 3.28. The van der Waals surface area contributed by atoms with Crippen LogP contribution in [0.2, 0.25) is 0 Å². The Morgan fingerprint density at radius 1 is 1.35 bits per heavy atom. The Morgan fingerprint density at radius 2 is 2.10 bits per heavy atom. The molecule has 0 radical (unpaired) electrons. The highest BCUT2D eigenvalue weighted by atomic mass is 79.9. The Labute approximate surface area is 126 Å². The van der Waals surface area contributed by atoms with Crippen molar-refractivity contribution in [1.29, 1.82) is 0 Å². The van der Waals surface area contributed by atoms with Gasteiger partial charge in [-0.05, 0) is 33.1 Å². The maximum absolute atomic E-state index is 11.9. The Kier molecular flexibility index (Phi) is 5.26. The number of ether oxygens (including phenoxy) is 1. The van der Waals surface area contributed by atoms with Crippen molar-refractivity contribution in [1.82, 2.24) is 10.3 Å². The van der Waals surface area contributed by atoms with Crippen LogP contribution in [0.4, 0.5) is 0 Å². The molecule has 0 spiro atoms. The minimum absolute atomic E-state index is 0.306. The highest BCUT2D eigenvalue weighted by Gasteiger charge is 2.20. The fourth-order valence-corrected chi connectivity index (χ4v) is 2.29. The molecule has 0 saturated carbocycles. The lowest BCUT2D eigenvalue weighted by molar-refractivity contribution is -0.143. The molecule has 0 saturated heterocycles. The average molecular weight is 335 g/mol. The second-order valence-corrected chi connectivity index (χ2v) is 5.17.